The van der Waals surface area contributed by atoms with Gasteiger partial charge in [0.05, 0.1) is 6.61 Å². The lowest BCUT2D eigenvalue weighted by Gasteiger charge is -2.13. The van der Waals surface area contributed by atoms with Gasteiger partial charge in [0.15, 0.2) is 0 Å². The Hall–Kier alpha value is -1.07. The van der Waals surface area contributed by atoms with Crippen molar-refractivity contribution < 1.29 is 9.47 Å². The van der Waals surface area contributed by atoms with Crippen molar-refractivity contribution in [2.45, 2.75) is 26.4 Å². The van der Waals surface area contributed by atoms with Crippen LogP contribution in [0.5, 0.6) is 6.01 Å². The molecule has 0 saturated carbocycles. The molecule has 1 heterocycles. The first-order valence-electron chi connectivity index (χ1n) is 5.59. The number of nitrogens with zero attached hydrogens (tertiary/aromatic N) is 2. The minimum atomic E-state index is -0.113. The summed E-state index contributed by atoms with van der Waals surface area (Å²) in [7, 11) is 1.62. The van der Waals surface area contributed by atoms with Crippen LogP contribution >= 0.6 is 11.6 Å². The van der Waals surface area contributed by atoms with Crippen LogP contribution < -0.4 is 10.1 Å². The summed E-state index contributed by atoms with van der Waals surface area (Å²) in [6.07, 6.45) is 0.898. The standard InChI is InChI=1S/C11H18ClN3O2/c1-4-5-13-10-6-9(12)14-11(15-10)17-8(2)7-16-3/h6,8H,4-5,7H2,1-3H3,(H,13,14,15)/t8-/m1/s1. The van der Waals surface area contributed by atoms with Crippen LogP contribution in [0.4, 0.5) is 5.82 Å². The highest BCUT2D eigenvalue weighted by Gasteiger charge is 2.08. The van der Waals surface area contributed by atoms with Gasteiger partial charge in [-0.15, -0.1) is 0 Å². The van der Waals surface area contributed by atoms with Gasteiger partial charge in [-0.1, -0.05) is 18.5 Å². The Balaban J connectivity index is 2.67. The first kappa shape index (κ1) is 14.0. The maximum atomic E-state index is 5.89. The monoisotopic (exact) mass is 259 g/mol. The normalized spacial score (nSPS) is 12.2. The van der Waals surface area contributed by atoms with E-state index in [1.807, 2.05) is 6.92 Å². The molecule has 0 unspecified atom stereocenters. The fraction of sp³-hybridized carbons (Fsp3) is 0.636. The van der Waals surface area contributed by atoms with Gasteiger partial charge in [-0.2, -0.15) is 9.97 Å². The molecule has 1 aromatic heterocycles. The van der Waals surface area contributed by atoms with Gasteiger partial charge in [0.2, 0.25) is 0 Å². The average molecular weight is 260 g/mol. The molecule has 0 amide bonds. The van der Waals surface area contributed by atoms with E-state index in [9.17, 15) is 0 Å². The molecule has 0 aliphatic rings. The highest BCUT2D eigenvalue weighted by Crippen LogP contribution is 2.16. The number of anilines is 1. The van der Waals surface area contributed by atoms with Crippen molar-refractivity contribution in [3.05, 3.63) is 11.2 Å². The van der Waals surface area contributed by atoms with E-state index in [0.717, 1.165) is 13.0 Å². The van der Waals surface area contributed by atoms with Crippen LogP contribution in [0.3, 0.4) is 0 Å². The number of hydrogen-bond acceptors (Lipinski definition) is 5. The quantitative estimate of drug-likeness (QED) is 0.762. The van der Waals surface area contributed by atoms with Gasteiger partial charge in [0, 0.05) is 19.7 Å². The summed E-state index contributed by atoms with van der Waals surface area (Å²) < 4.78 is 10.5. The van der Waals surface area contributed by atoms with Gasteiger partial charge in [-0.25, -0.2) is 0 Å². The van der Waals surface area contributed by atoms with Gasteiger partial charge in [0.1, 0.15) is 17.1 Å². The second-order valence-corrected chi connectivity index (χ2v) is 4.06. The third-order valence-electron chi connectivity index (χ3n) is 1.94. The lowest BCUT2D eigenvalue weighted by atomic mass is 10.4. The van der Waals surface area contributed by atoms with Crippen LogP contribution in [0.25, 0.3) is 0 Å². The van der Waals surface area contributed by atoms with E-state index < -0.39 is 0 Å². The first-order chi connectivity index (χ1) is 8.15. The fourth-order valence-electron chi connectivity index (χ4n) is 1.24. The summed E-state index contributed by atoms with van der Waals surface area (Å²) in [5, 5.41) is 3.49. The molecule has 1 aromatic rings. The zero-order chi connectivity index (χ0) is 12.7. The van der Waals surface area contributed by atoms with Crippen LogP contribution in [0.2, 0.25) is 5.15 Å². The van der Waals surface area contributed by atoms with Crippen molar-refractivity contribution in [2.75, 3.05) is 25.6 Å². The smallest absolute Gasteiger partial charge is 0.320 e. The molecule has 96 valence electrons. The van der Waals surface area contributed by atoms with Crippen LogP contribution in [0.1, 0.15) is 20.3 Å². The molecule has 1 N–H and O–H groups in total. The summed E-state index contributed by atoms with van der Waals surface area (Å²) in [5.74, 6) is 0.673. The van der Waals surface area contributed by atoms with Crippen LogP contribution in [0.15, 0.2) is 6.07 Å². The van der Waals surface area contributed by atoms with Crippen molar-refractivity contribution in [1.29, 1.82) is 0 Å². The first-order valence-corrected chi connectivity index (χ1v) is 5.97. The maximum Gasteiger partial charge on any atom is 0.320 e. The van der Waals surface area contributed by atoms with Crippen LogP contribution in [-0.2, 0) is 4.74 Å². The largest absolute Gasteiger partial charge is 0.458 e. The molecule has 5 nitrogen and oxygen atoms in total. The molecule has 0 fully saturated rings. The van der Waals surface area contributed by atoms with Crippen molar-refractivity contribution in [3.8, 4) is 6.01 Å². The van der Waals surface area contributed by atoms with Crippen LogP contribution in [-0.4, -0.2) is 36.3 Å². The van der Waals surface area contributed by atoms with E-state index in [4.69, 9.17) is 21.1 Å². The summed E-state index contributed by atoms with van der Waals surface area (Å²) >= 11 is 5.89. The molecule has 0 saturated heterocycles. The third kappa shape index (κ3) is 5.19. The number of rotatable bonds is 7. The lowest BCUT2D eigenvalue weighted by Crippen LogP contribution is -2.19. The summed E-state index contributed by atoms with van der Waals surface area (Å²) in [5.41, 5.74) is 0. The molecule has 0 aliphatic heterocycles. The summed E-state index contributed by atoms with van der Waals surface area (Å²) in [6, 6.07) is 1.94. The molecule has 0 spiro atoms. The van der Waals surface area contributed by atoms with E-state index in [1.54, 1.807) is 13.2 Å². The summed E-state index contributed by atoms with van der Waals surface area (Å²) in [4.78, 5) is 8.21. The third-order valence-corrected chi connectivity index (χ3v) is 2.13. The Morgan fingerprint density at radius 2 is 2.24 bits per heavy atom. The Morgan fingerprint density at radius 1 is 1.47 bits per heavy atom. The molecular weight excluding hydrogens is 242 g/mol. The number of nitrogens with one attached hydrogen (secondary N) is 1. The Labute approximate surface area is 107 Å². The molecule has 0 bridgehead atoms. The van der Waals surface area contributed by atoms with Crippen molar-refractivity contribution in [2.24, 2.45) is 0 Å². The second kappa shape index (κ2) is 7.29. The maximum absolute atomic E-state index is 5.89. The van der Waals surface area contributed by atoms with Gasteiger partial charge in [-0.3, -0.25) is 0 Å². The predicted octanol–water partition coefficient (Wildman–Crippen LogP) is 2.37. The van der Waals surface area contributed by atoms with Gasteiger partial charge in [-0.05, 0) is 13.3 Å². The highest BCUT2D eigenvalue weighted by molar-refractivity contribution is 6.29. The average Bonchev–Trinajstić information content (AvgIpc) is 2.25. The Bertz CT molecular complexity index is 349. The molecular formula is C11H18ClN3O2. The Kier molecular flexibility index (Phi) is 6.00. The van der Waals surface area contributed by atoms with Gasteiger partial charge < -0.3 is 14.8 Å². The fourth-order valence-corrected chi connectivity index (χ4v) is 1.42. The SMILES string of the molecule is CCCNc1cc(Cl)nc(O[C@H](C)COC)n1. The number of halogens is 1. The molecule has 1 rings (SSSR count). The van der Waals surface area contributed by atoms with Gasteiger partial charge in [0.25, 0.3) is 0 Å². The van der Waals surface area contributed by atoms with Gasteiger partial charge >= 0.3 is 6.01 Å². The zero-order valence-electron chi connectivity index (χ0n) is 10.4. The second-order valence-electron chi connectivity index (χ2n) is 3.67. The van der Waals surface area contributed by atoms with E-state index in [-0.39, 0.29) is 12.1 Å². The van der Waals surface area contributed by atoms with Crippen molar-refractivity contribution >= 4 is 17.4 Å². The van der Waals surface area contributed by atoms with E-state index in [1.165, 1.54) is 0 Å². The van der Waals surface area contributed by atoms with E-state index in [0.29, 0.717) is 17.6 Å². The molecule has 6 heteroatoms. The molecule has 0 aromatic carbocycles. The minimum absolute atomic E-state index is 0.113. The van der Waals surface area contributed by atoms with E-state index in [2.05, 4.69) is 22.2 Å². The number of ether oxygens (including phenoxy) is 2. The van der Waals surface area contributed by atoms with Crippen molar-refractivity contribution in [3.63, 3.8) is 0 Å². The number of methoxy groups -OCH3 is 1. The zero-order valence-corrected chi connectivity index (χ0v) is 11.1. The van der Waals surface area contributed by atoms with Crippen LogP contribution in [0, 0.1) is 0 Å². The van der Waals surface area contributed by atoms with E-state index >= 15 is 0 Å². The molecule has 1 atom stereocenters. The minimum Gasteiger partial charge on any atom is -0.458 e. The van der Waals surface area contributed by atoms with Crippen molar-refractivity contribution in [1.82, 2.24) is 9.97 Å². The molecule has 0 radical (unpaired) electrons. The number of hydrogen-bond donors (Lipinski definition) is 1. The topological polar surface area (TPSA) is 56.3 Å². The predicted molar refractivity (Wildman–Crippen MR) is 67.8 cm³/mol. The number of aromatic nitrogens is 2. The lowest BCUT2D eigenvalue weighted by molar-refractivity contribution is 0.0856. The summed E-state index contributed by atoms with van der Waals surface area (Å²) in [6.45, 7) is 5.27. The molecule has 17 heavy (non-hydrogen) atoms. The highest BCUT2D eigenvalue weighted by atomic mass is 35.5. The Morgan fingerprint density at radius 3 is 2.88 bits per heavy atom. The molecule has 0 aliphatic carbocycles.